The number of aliphatic hydroxyl groups excluding tert-OH is 1. The summed E-state index contributed by atoms with van der Waals surface area (Å²) in [5, 5.41) is 9.37. The van der Waals surface area contributed by atoms with E-state index >= 15 is 0 Å². The van der Waals surface area contributed by atoms with Crippen molar-refractivity contribution in [1.29, 1.82) is 0 Å². The predicted octanol–water partition coefficient (Wildman–Crippen LogP) is 2.19. The van der Waals surface area contributed by atoms with Crippen LogP contribution in [0.25, 0.3) is 0 Å². The fourth-order valence-electron chi connectivity index (χ4n) is 2.00. The second-order valence-corrected chi connectivity index (χ2v) is 5.15. The summed E-state index contributed by atoms with van der Waals surface area (Å²) in [6, 6.07) is 5.70. The normalized spacial score (nSPS) is 14.6. The molecule has 0 aromatic heterocycles. The fraction of sp³-hybridized carbons (Fsp3) is 0.533. The Labute approximate surface area is 109 Å². The van der Waals surface area contributed by atoms with Gasteiger partial charge in [0.15, 0.2) is 5.78 Å². The second kappa shape index (κ2) is 6.12. The molecular weight excluding hydrogens is 226 g/mol. The average Bonchev–Trinajstić information content (AvgIpc) is 2.29. The van der Waals surface area contributed by atoms with Crippen molar-refractivity contribution in [3.63, 3.8) is 0 Å². The molecular formula is C15H23NO2. The third kappa shape index (κ3) is 3.65. The van der Waals surface area contributed by atoms with Crippen LogP contribution in [0, 0.1) is 13.8 Å². The first kappa shape index (κ1) is 14.9. The first-order valence-corrected chi connectivity index (χ1v) is 6.32. The molecule has 1 aromatic rings. The van der Waals surface area contributed by atoms with Crippen molar-refractivity contribution in [2.24, 2.45) is 0 Å². The summed E-state index contributed by atoms with van der Waals surface area (Å²) in [6.07, 6.45) is -0.427. The number of carbonyl (C=O) groups is 1. The van der Waals surface area contributed by atoms with Gasteiger partial charge in [0.2, 0.25) is 0 Å². The molecule has 0 fully saturated rings. The summed E-state index contributed by atoms with van der Waals surface area (Å²) in [6.45, 7) is 8.05. The lowest BCUT2D eigenvalue weighted by atomic mass is 9.97. The molecule has 0 aliphatic heterocycles. The van der Waals surface area contributed by atoms with Crippen molar-refractivity contribution in [1.82, 2.24) is 4.90 Å². The highest BCUT2D eigenvalue weighted by Crippen LogP contribution is 2.15. The van der Waals surface area contributed by atoms with Crippen molar-refractivity contribution >= 4 is 5.78 Å². The van der Waals surface area contributed by atoms with Crippen LogP contribution in [0.5, 0.6) is 0 Å². The number of hydrogen-bond donors (Lipinski definition) is 1. The minimum Gasteiger partial charge on any atom is -0.392 e. The number of rotatable bonds is 5. The minimum absolute atomic E-state index is 0.111. The van der Waals surface area contributed by atoms with Crippen molar-refractivity contribution in [2.75, 3.05) is 13.6 Å². The number of nitrogens with zero attached hydrogens (tertiary/aromatic N) is 1. The number of carbonyl (C=O) groups excluding carboxylic acids is 1. The van der Waals surface area contributed by atoms with E-state index in [9.17, 15) is 9.90 Å². The average molecular weight is 249 g/mol. The summed E-state index contributed by atoms with van der Waals surface area (Å²) >= 11 is 0. The van der Waals surface area contributed by atoms with Crippen LogP contribution < -0.4 is 0 Å². The molecule has 2 atom stereocenters. The summed E-state index contributed by atoms with van der Waals surface area (Å²) in [5.41, 5.74) is 2.87. The Bertz CT molecular complexity index is 427. The van der Waals surface area contributed by atoms with E-state index in [0.29, 0.717) is 6.54 Å². The lowest BCUT2D eigenvalue weighted by Crippen LogP contribution is -2.40. The van der Waals surface area contributed by atoms with E-state index in [1.165, 1.54) is 0 Å². The Kier molecular flexibility index (Phi) is 5.05. The molecule has 3 nitrogen and oxygen atoms in total. The van der Waals surface area contributed by atoms with Crippen LogP contribution in [-0.2, 0) is 0 Å². The Balaban J connectivity index is 2.89. The van der Waals surface area contributed by atoms with Gasteiger partial charge in [0.05, 0.1) is 12.1 Å². The number of likely N-dealkylation sites (N-methyl/N-ethyl adjacent to an activating group) is 1. The molecule has 1 rings (SSSR count). The standard InChI is InChI=1S/C15H23NO2/c1-10-6-7-11(2)14(8-10)15(18)13(4)16(5)9-12(3)17/h6-8,12-13,17H,9H2,1-5H3. The molecule has 1 N–H and O–H groups in total. The van der Waals surface area contributed by atoms with Crippen LogP contribution in [0.2, 0.25) is 0 Å². The Morgan fingerprint density at radius 2 is 1.94 bits per heavy atom. The van der Waals surface area contributed by atoms with Crippen molar-refractivity contribution < 1.29 is 9.90 Å². The van der Waals surface area contributed by atoms with Crippen LogP contribution in [-0.4, -0.2) is 41.5 Å². The second-order valence-electron chi connectivity index (χ2n) is 5.15. The maximum Gasteiger partial charge on any atom is 0.179 e. The maximum absolute atomic E-state index is 12.4. The van der Waals surface area contributed by atoms with Gasteiger partial charge in [0, 0.05) is 12.1 Å². The number of aryl methyl sites for hydroxylation is 2. The number of benzene rings is 1. The van der Waals surface area contributed by atoms with Gasteiger partial charge in [0.1, 0.15) is 0 Å². The SMILES string of the molecule is Cc1ccc(C)c(C(=O)C(C)N(C)CC(C)O)c1. The van der Waals surface area contributed by atoms with E-state index in [1.54, 1.807) is 6.92 Å². The predicted molar refractivity (Wildman–Crippen MR) is 74.0 cm³/mol. The molecule has 0 radical (unpaired) electrons. The largest absolute Gasteiger partial charge is 0.392 e. The zero-order valence-electron chi connectivity index (χ0n) is 11.9. The lowest BCUT2D eigenvalue weighted by molar-refractivity contribution is 0.0788. The highest BCUT2D eigenvalue weighted by atomic mass is 16.3. The van der Waals surface area contributed by atoms with Gasteiger partial charge in [0.25, 0.3) is 0 Å². The molecule has 0 spiro atoms. The zero-order valence-corrected chi connectivity index (χ0v) is 11.9. The fourth-order valence-corrected chi connectivity index (χ4v) is 2.00. The van der Waals surface area contributed by atoms with Gasteiger partial charge >= 0.3 is 0 Å². The summed E-state index contributed by atoms with van der Waals surface area (Å²) < 4.78 is 0. The van der Waals surface area contributed by atoms with Crippen LogP contribution in [0.1, 0.15) is 35.3 Å². The zero-order chi connectivity index (χ0) is 13.9. The van der Waals surface area contributed by atoms with Gasteiger partial charge in [-0.05, 0) is 46.4 Å². The molecule has 0 aliphatic carbocycles. The van der Waals surface area contributed by atoms with E-state index in [4.69, 9.17) is 0 Å². The van der Waals surface area contributed by atoms with Gasteiger partial charge in [-0.15, -0.1) is 0 Å². The van der Waals surface area contributed by atoms with Crippen LogP contribution in [0.4, 0.5) is 0 Å². The van der Waals surface area contributed by atoms with E-state index in [2.05, 4.69) is 0 Å². The number of aliphatic hydroxyl groups is 1. The topological polar surface area (TPSA) is 40.5 Å². The first-order chi connectivity index (χ1) is 8.32. The molecule has 0 heterocycles. The van der Waals surface area contributed by atoms with Gasteiger partial charge in [-0.25, -0.2) is 0 Å². The van der Waals surface area contributed by atoms with Crippen molar-refractivity contribution in [2.45, 2.75) is 39.8 Å². The quantitative estimate of drug-likeness (QED) is 0.813. The molecule has 0 saturated carbocycles. The highest BCUT2D eigenvalue weighted by molar-refractivity contribution is 6.01. The van der Waals surface area contributed by atoms with E-state index in [1.807, 2.05) is 50.9 Å². The number of Topliss-reactive ketones (excluding diaryl/α,β-unsaturated/α-hetero) is 1. The monoisotopic (exact) mass is 249 g/mol. The van der Waals surface area contributed by atoms with Gasteiger partial charge in [-0.1, -0.05) is 17.7 Å². The number of hydrogen-bond acceptors (Lipinski definition) is 3. The van der Waals surface area contributed by atoms with Crippen molar-refractivity contribution in [3.8, 4) is 0 Å². The summed E-state index contributed by atoms with van der Waals surface area (Å²) in [5.74, 6) is 0.111. The summed E-state index contributed by atoms with van der Waals surface area (Å²) in [7, 11) is 1.86. The van der Waals surface area contributed by atoms with E-state index in [-0.39, 0.29) is 11.8 Å². The van der Waals surface area contributed by atoms with Crippen LogP contribution in [0.3, 0.4) is 0 Å². The van der Waals surface area contributed by atoms with Crippen LogP contribution in [0.15, 0.2) is 18.2 Å². The highest BCUT2D eigenvalue weighted by Gasteiger charge is 2.21. The Morgan fingerprint density at radius 3 is 2.50 bits per heavy atom. The third-order valence-corrected chi connectivity index (χ3v) is 3.25. The molecule has 0 amide bonds. The summed E-state index contributed by atoms with van der Waals surface area (Å²) in [4.78, 5) is 14.3. The van der Waals surface area contributed by atoms with Crippen LogP contribution >= 0.6 is 0 Å². The smallest absolute Gasteiger partial charge is 0.179 e. The van der Waals surface area contributed by atoms with Gasteiger partial charge in [-0.3, -0.25) is 9.69 Å². The molecule has 0 aliphatic rings. The van der Waals surface area contributed by atoms with Gasteiger partial charge in [-0.2, -0.15) is 0 Å². The van der Waals surface area contributed by atoms with Gasteiger partial charge < -0.3 is 5.11 Å². The third-order valence-electron chi connectivity index (χ3n) is 3.25. The molecule has 3 heteroatoms. The Morgan fingerprint density at radius 1 is 1.33 bits per heavy atom. The molecule has 0 bridgehead atoms. The number of ketones is 1. The lowest BCUT2D eigenvalue weighted by Gasteiger charge is -2.25. The molecule has 18 heavy (non-hydrogen) atoms. The Hall–Kier alpha value is -1.19. The van der Waals surface area contributed by atoms with E-state index in [0.717, 1.165) is 16.7 Å². The molecule has 100 valence electrons. The molecule has 1 aromatic carbocycles. The first-order valence-electron chi connectivity index (χ1n) is 6.32. The molecule has 0 saturated heterocycles. The molecule has 2 unspecified atom stereocenters. The van der Waals surface area contributed by atoms with Crippen molar-refractivity contribution in [3.05, 3.63) is 34.9 Å². The maximum atomic E-state index is 12.4. The minimum atomic E-state index is -0.427. The van der Waals surface area contributed by atoms with E-state index < -0.39 is 6.10 Å².